The lowest BCUT2D eigenvalue weighted by Crippen LogP contribution is -2.47. The molecule has 0 aromatic heterocycles. The number of carboxylic acid groups (broad SMARTS) is 1. The molecule has 1 atom stereocenters. The maximum Gasteiger partial charge on any atom is 0.408 e. The SMILES string of the molecule is CC(C)(C)N(C(=O)O)C(CCO)c1ccccc1F. The number of halogens is 1. The van der Waals surface area contributed by atoms with Crippen LogP contribution < -0.4 is 0 Å². The first-order valence-corrected chi connectivity index (χ1v) is 6.16. The van der Waals surface area contributed by atoms with Gasteiger partial charge in [-0.3, -0.25) is 4.90 Å². The molecule has 1 amide bonds. The summed E-state index contributed by atoms with van der Waals surface area (Å²) >= 11 is 0. The first-order chi connectivity index (χ1) is 8.79. The zero-order chi connectivity index (χ0) is 14.6. The molecule has 1 aromatic rings. The van der Waals surface area contributed by atoms with E-state index in [0.29, 0.717) is 0 Å². The quantitative estimate of drug-likeness (QED) is 0.883. The van der Waals surface area contributed by atoms with Gasteiger partial charge in [-0.15, -0.1) is 0 Å². The number of carbonyl (C=O) groups is 1. The Hall–Kier alpha value is -1.62. The van der Waals surface area contributed by atoms with Crippen LogP contribution in [0.15, 0.2) is 24.3 Å². The van der Waals surface area contributed by atoms with Crippen molar-refractivity contribution in [2.75, 3.05) is 6.61 Å². The van der Waals surface area contributed by atoms with Crippen LogP contribution in [0, 0.1) is 5.82 Å². The molecular formula is C14H20FNO3. The molecule has 0 saturated heterocycles. The van der Waals surface area contributed by atoms with Crippen LogP contribution in [0.3, 0.4) is 0 Å². The summed E-state index contributed by atoms with van der Waals surface area (Å²) in [5.74, 6) is -0.462. The number of nitrogens with zero attached hydrogens (tertiary/aromatic N) is 1. The molecule has 106 valence electrons. The summed E-state index contributed by atoms with van der Waals surface area (Å²) in [6, 6.07) is 5.35. The smallest absolute Gasteiger partial charge is 0.408 e. The molecule has 0 heterocycles. The topological polar surface area (TPSA) is 60.8 Å². The molecule has 19 heavy (non-hydrogen) atoms. The van der Waals surface area contributed by atoms with Crippen molar-refractivity contribution in [2.45, 2.75) is 38.8 Å². The summed E-state index contributed by atoms with van der Waals surface area (Å²) in [6.07, 6.45) is -0.973. The van der Waals surface area contributed by atoms with E-state index in [1.54, 1.807) is 39.0 Å². The van der Waals surface area contributed by atoms with Gasteiger partial charge in [0.2, 0.25) is 0 Å². The minimum absolute atomic E-state index is 0.157. The average Bonchev–Trinajstić information content (AvgIpc) is 2.26. The Bertz CT molecular complexity index is 443. The monoisotopic (exact) mass is 269 g/mol. The highest BCUT2D eigenvalue weighted by molar-refractivity contribution is 5.67. The van der Waals surface area contributed by atoms with Crippen LogP contribution in [0.5, 0.6) is 0 Å². The van der Waals surface area contributed by atoms with Gasteiger partial charge in [-0.25, -0.2) is 9.18 Å². The van der Waals surface area contributed by atoms with Gasteiger partial charge in [0.25, 0.3) is 0 Å². The Labute approximate surface area is 112 Å². The van der Waals surface area contributed by atoms with Crippen LogP contribution in [-0.2, 0) is 0 Å². The highest BCUT2D eigenvalue weighted by Crippen LogP contribution is 2.32. The number of benzene rings is 1. The Balaban J connectivity index is 3.26. The fourth-order valence-electron chi connectivity index (χ4n) is 2.18. The molecule has 4 nitrogen and oxygen atoms in total. The second-order valence-electron chi connectivity index (χ2n) is 5.37. The van der Waals surface area contributed by atoms with Crippen molar-refractivity contribution in [3.8, 4) is 0 Å². The minimum Gasteiger partial charge on any atom is -0.465 e. The second-order valence-corrected chi connectivity index (χ2v) is 5.37. The van der Waals surface area contributed by atoms with E-state index in [-0.39, 0.29) is 18.6 Å². The fourth-order valence-corrected chi connectivity index (χ4v) is 2.18. The van der Waals surface area contributed by atoms with Gasteiger partial charge in [0.05, 0.1) is 6.04 Å². The first kappa shape index (κ1) is 15.4. The first-order valence-electron chi connectivity index (χ1n) is 6.16. The van der Waals surface area contributed by atoms with E-state index in [9.17, 15) is 14.3 Å². The number of hydrogen-bond donors (Lipinski definition) is 2. The van der Waals surface area contributed by atoms with E-state index >= 15 is 0 Å². The van der Waals surface area contributed by atoms with Crippen LogP contribution in [0.2, 0.25) is 0 Å². The van der Waals surface area contributed by atoms with E-state index in [4.69, 9.17) is 5.11 Å². The maximum atomic E-state index is 13.9. The summed E-state index contributed by atoms with van der Waals surface area (Å²) in [5.41, 5.74) is -0.401. The van der Waals surface area contributed by atoms with E-state index in [2.05, 4.69) is 0 Å². The largest absolute Gasteiger partial charge is 0.465 e. The average molecular weight is 269 g/mol. The van der Waals surface area contributed by atoms with Crippen LogP contribution in [0.25, 0.3) is 0 Å². The van der Waals surface area contributed by atoms with Crippen molar-refractivity contribution in [1.82, 2.24) is 4.90 Å². The van der Waals surface area contributed by atoms with Crippen LogP contribution >= 0.6 is 0 Å². The molecule has 1 rings (SSSR count). The molecule has 0 aliphatic rings. The number of aliphatic hydroxyl groups excluding tert-OH is 1. The number of aliphatic hydroxyl groups is 1. The molecular weight excluding hydrogens is 249 g/mol. The van der Waals surface area contributed by atoms with Gasteiger partial charge in [-0.05, 0) is 33.3 Å². The highest BCUT2D eigenvalue weighted by atomic mass is 19.1. The van der Waals surface area contributed by atoms with E-state index in [1.165, 1.54) is 11.0 Å². The zero-order valence-corrected chi connectivity index (χ0v) is 11.4. The third-order valence-corrected chi connectivity index (χ3v) is 2.91. The van der Waals surface area contributed by atoms with Gasteiger partial charge in [0, 0.05) is 17.7 Å². The lowest BCUT2D eigenvalue weighted by molar-refractivity contribution is 0.0590. The number of hydrogen-bond acceptors (Lipinski definition) is 2. The van der Waals surface area contributed by atoms with E-state index < -0.39 is 23.5 Å². The number of rotatable bonds is 4. The Kier molecular flexibility index (Phi) is 4.89. The highest BCUT2D eigenvalue weighted by Gasteiger charge is 2.34. The van der Waals surface area contributed by atoms with Crippen LogP contribution in [0.4, 0.5) is 9.18 Å². The normalized spacial score (nSPS) is 13.1. The van der Waals surface area contributed by atoms with Gasteiger partial charge in [-0.2, -0.15) is 0 Å². The predicted octanol–water partition coefficient (Wildman–Crippen LogP) is 3.03. The third-order valence-electron chi connectivity index (χ3n) is 2.91. The standard InChI is InChI=1S/C14H20FNO3/c1-14(2,3)16(13(18)19)12(8-9-17)10-6-4-5-7-11(10)15/h4-7,12,17H,8-9H2,1-3H3,(H,18,19). The Morgan fingerprint density at radius 1 is 1.37 bits per heavy atom. The molecule has 0 aliphatic heterocycles. The fraction of sp³-hybridized carbons (Fsp3) is 0.500. The molecule has 1 aromatic carbocycles. The summed E-state index contributed by atoms with van der Waals surface area (Å²) in [5, 5.41) is 18.5. The van der Waals surface area contributed by atoms with Crippen molar-refractivity contribution in [2.24, 2.45) is 0 Å². The minimum atomic E-state index is -1.13. The van der Waals surface area contributed by atoms with Crippen molar-refractivity contribution in [3.05, 3.63) is 35.6 Å². The molecule has 2 N–H and O–H groups in total. The van der Waals surface area contributed by atoms with Crippen molar-refractivity contribution in [1.29, 1.82) is 0 Å². The van der Waals surface area contributed by atoms with Gasteiger partial charge in [-0.1, -0.05) is 18.2 Å². The molecule has 0 bridgehead atoms. The zero-order valence-electron chi connectivity index (χ0n) is 11.4. The predicted molar refractivity (Wildman–Crippen MR) is 70.5 cm³/mol. The van der Waals surface area contributed by atoms with Gasteiger partial charge < -0.3 is 10.2 Å². The molecule has 0 spiro atoms. The van der Waals surface area contributed by atoms with Crippen molar-refractivity contribution < 1.29 is 19.4 Å². The third kappa shape index (κ3) is 3.67. The number of amides is 1. The van der Waals surface area contributed by atoms with Crippen LogP contribution in [0.1, 0.15) is 38.8 Å². The molecule has 1 unspecified atom stereocenters. The summed E-state index contributed by atoms with van der Waals surface area (Å²) in [6.45, 7) is 5.02. The lowest BCUT2D eigenvalue weighted by atomic mass is 9.96. The van der Waals surface area contributed by atoms with Gasteiger partial charge in [0.1, 0.15) is 5.82 Å². The Morgan fingerprint density at radius 2 is 1.95 bits per heavy atom. The van der Waals surface area contributed by atoms with Crippen molar-refractivity contribution >= 4 is 6.09 Å². The van der Waals surface area contributed by atoms with Crippen LogP contribution in [-0.4, -0.2) is 33.4 Å². The molecule has 5 heteroatoms. The van der Waals surface area contributed by atoms with Gasteiger partial charge >= 0.3 is 6.09 Å². The molecule has 0 aliphatic carbocycles. The van der Waals surface area contributed by atoms with Gasteiger partial charge in [0.15, 0.2) is 0 Å². The molecule has 0 radical (unpaired) electrons. The second kappa shape index (κ2) is 6.02. The molecule has 0 saturated carbocycles. The van der Waals surface area contributed by atoms with E-state index in [1.807, 2.05) is 0 Å². The van der Waals surface area contributed by atoms with E-state index in [0.717, 1.165) is 0 Å². The summed E-state index contributed by atoms with van der Waals surface area (Å²) in [4.78, 5) is 12.7. The molecule has 0 fully saturated rings. The Morgan fingerprint density at radius 3 is 2.37 bits per heavy atom. The summed E-state index contributed by atoms with van der Waals surface area (Å²) < 4.78 is 13.9. The lowest BCUT2D eigenvalue weighted by Gasteiger charge is -2.39. The summed E-state index contributed by atoms with van der Waals surface area (Å²) in [7, 11) is 0. The maximum absolute atomic E-state index is 13.9. The van der Waals surface area contributed by atoms with Crippen molar-refractivity contribution in [3.63, 3.8) is 0 Å².